The first kappa shape index (κ1) is 14.0. The van der Waals surface area contributed by atoms with Crippen LogP contribution < -0.4 is 0 Å². The van der Waals surface area contributed by atoms with Crippen molar-refractivity contribution in [3.05, 3.63) is 0 Å². The van der Waals surface area contributed by atoms with E-state index in [9.17, 15) is 9.90 Å². The van der Waals surface area contributed by atoms with Crippen LogP contribution in [-0.2, 0) is 4.79 Å². The first-order valence-electron chi connectivity index (χ1n) is 8.92. The maximum atomic E-state index is 13.3. The number of aliphatic hydroxyl groups is 1. The lowest BCUT2D eigenvalue weighted by Gasteiger charge is -2.61. The standard InChI is InChI=1S/C18H29NO2/c1-17-7-14-6-15(8-17)10-18(9-14,12-17)16(21)19-4-2-13(11-20)3-5-19/h13-15,20H,2-12H2,1H3. The Bertz CT molecular complexity index is 424. The minimum atomic E-state index is -0.00904. The van der Waals surface area contributed by atoms with E-state index in [0.717, 1.165) is 57.0 Å². The molecule has 2 atom stereocenters. The predicted molar refractivity (Wildman–Crippen MR) is 81.6 cm³/mol. The van der Waals surface area contributed by atoms with Crippen LogP contribution in [0.4, 0.5) is 0 Å². The number of rotatable bonds is 2. The number of hydrogen-bond donors (Lipinski definition) is 1. The van der Waals surface area contributed by atoms with E-state index in [1.165, 1.54) is 19.3 Å². The van der Waals surface area contributed by atoms with Gasteiger partial charge in [0.25, 0.3) is 0 Å². The Labute approximate surface area is 128 Å². The van der Waals surface area contributed by atoms with Crippen LogP contribution in [0.1, 0.15) is 58.3 Å². The van der Waals surface area contributed by atoms with Crippen molar-refractivity contribution < 1.29 is 9.90 Å². The summed E-state index contributed by atoms with van der Waals surface area (Å²) in [6, 6.07) is 0. The Kier molecular flexibility index (Phi) is 3.15. The average molecular weight is 291 g/mol. The number of amides is 1. The zero-order valence-corrected chi connectivity index (χ0v) is 13.3. The summed E-state index contributed by atoms with van der Waals surface area (Å²) < 4.78 is 0. The Morgan fingerprint density at radius 1 is 1.14 bits per heavy atom. The van der Waals surface area contributed by atoms with E-state index in [1.807, 2.05) is 0 Å². The maximum absolute atomic E-state index is 13.3. The summed E-state index contributed by atoms with van der Waals surface area (Å²) in [5.74, 6) is 2.52. The SMILES string of the molecule is CC12CC3CC(C1)CC(C(=O)N1CCC(CO)CC1)(C3)C2. The smallest absolute Gasteiger partial charge is 0.228 e. The van der Waals surface area contributed by atoms with Gasteiger partial charge >= 0.3 is 0 Å². The highest BCUT2D eigenvalue weighted by Gasteiger charge is 2.59. The second kappa shape index (κ2) is 4.71. The van der Waals surface area contributed by atoms with Gasteiger partial charge < -0.3 is 10.0 Å². The molecule has 3 nitrogen and oxygen atoms in total. The van der Waals surface area contributed by atoms with E-state index < -0.39 is 0 Å². The third-order valence-electron chi connectivity index (χ3n) is 6.97. The van der Waals surface area contributed by atoms with Gasteiger partial charge in [-0.25, -0.2) is 0 Å². The van der Waals surface area contributed by atoms with E-state index >= 15 is 0 Å². The van der Waals surface area contributed by atoms with Crippen LogP contribution in [0, 0.1) is 28.6 Å². The first-order valence-corrected chi connectivity index (χ1v) is 8.92. The number of carbonyl (C=O) groups excluding carboxylic acids is 1. The highest BCUT2D eigenvalue weighted by atomic mass is 16.3. The van der Waals surface area contributed by atoms with Crippen LogP contribution in [0.15, 0.2) is 0 Å². The van der Waals surface area contributed by atoms with Gasteiger partial charge in [0.05, 0.1) is 5.41 Å². The Morgan fingerprint density at radius 3 is 2.29 bits per heavy atom. The van der Waals surface area contributed by atoms with Crippen LogP contribution in [0.25, 0.3) is 0 Å². The number of nitrogens with zero attached hydrogens (tertiary/aromatic N) is 1. The van der Waals surface area contributed by atoms with Crippen molar-refractivity contribution in [2.75, 3.05) is 19.7 Å². The molecule has 0 radical (unpaired) electrons. The molecule has 5 fully saturated rings. The fraction of sp³-hybridized carbons (Fsp3) is 0.944. The van der Waals surface area contributed by atoms with Crippen LogP contribution in [0.2, 0.25) is 0 Å². The molecule has 0 aromatic rings. The van der Waals surface area contributed by atoms with Gasteiger partial charge in [0.2, 0.25) is 5.91 Å². The lowest BCUT2D eigenvalue weighted by Crippen LogP contribution is -2.58. The number of piperidine rings is 1. The predicted octanol–water partition coefficient (Wildman–Crippen LogP) is 2.82. The van der Waals surface area contributed by atoms with Gasteiger partial charge in [0.1, 0.15) is 0 Å². The fourth-order valence-electron chi connectivity index (χ4n) is 6.62. The third-order valence-corrected chi connectivity index (χ3v) is 6.97. The molecule has 1 saturated heterocycles. The molecule has 4 saturated carbocycles. The molecule has 4 bridgehead atoms. The van der Waals surface area contributed by atoms with Crippen LogP contribution >= 0.6 is 0 Å². The molecule has 5 aliphatic rings. The Morgan fingerprint density at radius 2 is 1.76 bits per heavy atom. The lowest BCUT2D eigenvalue weighted by molar-refractivity contribution is -0.167. The van der Waals surface area contributed by atoms with E-state index in [0.29, 0.717) is 17.2 Å². The van der Waals surface area contributed by atoms with Crippen molar-refractivity contribution in [3.63, 3.8) is 0 Å². The van der Waals surface area contributed by atoms with E-state index in [2.05, 4.69) is 11.8 Å². The molecule has 1 N–H and O–H groups in total. The zero-order valence-electron chi connectivity index (χ0n) is 13.3. The largest absolute Gasteiger partial charge is 0.396 e. The molecular formula is C18H29NO2. The molecule has 2 unspecified atom stereocenters. The van der Waals surface area contributed by atoms with Crippen molar-refractivity contribution in [2.45, 2.75) is 58.3 Å². The van der Waals surface area contributed by atoms with Gasteiger partial charge in [-0.05, 0) is 74.5 Å². The minimum absolute atomic E-state index is 0.00904. The number of carbonyl (C=O) groups is 1. The summed E-state index contributed by atoms with van der Waals surface area (Å²) >= 11 is 0. The van der Waals surface area contributed by atoms with Gasteiger partial charge in [-0.1, -0.05) is 6.92 Å². The molecule has 5 rings (SSSR count). The first-order chi connectivity index (χ1) is 10.0. The van der Waals surface area contributed by atoms with Crippen LogP contribution in [-0.4, -0.2) is 35.6 Å². The lowest BCUT2D eigenvalue weighted by atomic mass is 9.44. The summed E-state index contributed by atoms with van der Waals surface area (Å²) in [6.07, 6.45) is 9.57. The molecular weight excluding hydrogens is 262 g/mol. The van der Waals surface area contributed by atoms with E-state index in [1.54, 1.807) is 0 Å². The number of hydrogen-bond acceptors (Lipinski definition) is 2. The molecule has 3 heteroatoms. The monoisotopic (exact) mass is 291 g/mol. The summed E-state index contributed by atoms with van der Waals surface area (Å²) in [4.78, 5) is 15.4. The van der Waals surface area contributed by atoms with Crippen molar-refractivity contribution in [3.8, 4) is 0 Å². The second-order valence-electron chi connectivity index (χ2n) is 8.97. The van der Waals surface area contributed by atoms with Gasteiger partial charge in [-0.2, -0.15) is 0 Å². The van der Waals surface area contributed by atoms with Crippen molar-refractivity contribution in [1.29, 1.82) is 0 Å². The molecule has 0 spiro atoms. The van der Waals surface area contributed by atoms with Crippen molar-refractivity contribution >= 4 is 5.91 Å². The van der Waals surface area contributed by atoms with Crippen molar-refractivity contribution in [1.82, 2.24) is 4.90 Å². The Balaban J connectivity index is 1.52. The molecule has 1 heterocycles. The number of aliphatic hydroxyl groups excluding tert-OH is 1. The quantitative estimate of drug-likeness (QED) is 0.850. The average Bonchev–Trinajstić information content (AvgIpc) is 2.44. The molecule has 1 aliphatic heterocycles. The van der Waals surface area contributed by atoms with Gasteiger partial charge in [0, 0.05) is 19.7 Å². The normalized spacial score (nSPS) is 46.1. The summed E-state index contributed by atoms with van der Waals surface area (Å²) in [5.41, 5.74) is 0.439. The minimum Gasteiger partial charge on any atom is -0.396 e. The van der Waals surface area contributed by atoms with Gasteiger partial charge in [-0.3, -0.25) is 4.79 Å². The molecule has 0 aromatic heterocycles. The molecule has 0 aromatic carbocycles. The van der Waals surface area contributed by atoms with Crippen LogP contribution in [0.3, 0.4) is 0 Å². The Hall–Kier alpha value is -0.570. The van der Waals surface area contributed by atoms with E-state index in [4.69, 9.17) is 0 Å². The highest BCUT2D eigenvalue weighted by Crippen LogP contribution is 2.65. The zero-order chi connectivity index (χ0) is 14.7. The van der Waals surface area contributed by atoms with Crippen LogP contribution in [0.5, 0.6) is 0 Å². The topological polar surface area (TPSA) is 40.5 Å². The maximum Gasteiger partial charge on any atom is 0.228 e. The van der Waals surface area contributed by atoms with E-state index in [-0.39, 0.29) is 12.0 Å². The molecule has 21 heavy (non-hydrogen) atoms. The molecule has 1 amide bonds. The highest BCUT2D eigenvalue weighted by molar-refractivity contribution is 5.83. The summed E-state index contributed by atoms with van der Waals surface area (Å²) in [7, 11) is 0. The fourth-order valence-corrected chi connectivity index (χ4v) is 6.62. The summed E-state index contributed by atoms with van der Waals surface area (Å²) in [5, 5.41) is 9.28. The van der Waals surface area contributed by atoms with Crippen molar-refractivity contribution in [2.24, 2.45) is 28.6 Å². The molecule has 4 aliphatic carbocycles. The molecule has 118 valence electrons. The van der Waals surface area contributed by atoms with Gasteiger partial charge in [-0.15, -0.1) is 0 Å². The summed E-state index contributed by atoms with van der Waals surface area (Å²) in [6.45, 7) is 4.47. The second-order valence-corrected chi connectivity index (χ2v) is 8.97. The number of likely N-dealkylation sites (tertiary alicyclic amines) is 1. The third kappa shape index (κ3) is 2.23. The van der Waals surface area contributed by atoms with Gasteiger partial charge in [0.15, 0.2) is 0 Å².